The lowest BCUT2D eigenvalue weighted by atomic mass is 9.84. The second-order valence-corrected chi connectivity index (χ2v) is 6.03. The highest BCUT2D eigenvalue weighted by Crippen LogP contribution is 2.27. The van der Waals surface area contributed by atoms with Crippen molar-refractivity contribution < 1.29 is 9.18 Å². The molecule has 0 spiro atoms. The summed E-state index contributed by atoms with van der Waals surface area (Å²) in [6, 6.07) is 3.18. The Morgan fingerprint density at radius 2 is 1.83 bits per heavy atom. The van der Waals surface area contributed by atoms with E-state index in [1.54, 1.807) is 13.0 Å². The van der Waals surface area contributed by atoms with Gasteiger partial charge in [-0.2, -0.15) is 0 Å². The molecule has 1 aromatic carbocycles. The number of hydrogen-bond donors (Lipinski definition) is 1. The maximum absolute atomic E-state index is 13.9. The van der Waals surface area contributed by atoms with E-state index in [2.05, 4.69) is 5.32 Å². The van der Waals surface area contributed by atoms with E-state index in [1.165, 1.54) is 6.07 Å². The summed E-state index contributed by atoms with van der Waals surface area (Å²) < 4.78 is 13.9. The van der Waals surface area contributed by atoms with Gasteiger partial charge in [0.05, 0.1) is 0 Å². The van der Waals surface area contributed by atoms with Crippen LogP contribution in [0.2, 0.25) is 0 Å². The summed E-state index contributed by atoms with van der Waals surface area (Å²) in [5.74, 6) is -0.394. The van der Waals surface area contributed by atoms with Crippen molar-refractivity contribution in [2.24, 2.45) is 0 Å². The molecule has 3 heteroatoms. The topological polar surface area (TPSA) is 29.1 Å². The van der Waals surface area contributed by atoms with Crippen LogP contribution in [0.25, 0.3) is 0 Å². The first-order valence-corrected chi connectivity index (χ1v) is 6.24. The zero-order chi connectivity index (χ0) is 14.1. The highest BCUT2D eigenvalue weighted by Gasteiger charge is 2.22. The summed E-state index contributed by atoms with van der Waals surface area (Å²) in [4.78, 5) is 12.0. The number of benzene rings is 1. The van der Waals surface area contributed by atoms with Crippen LogP contribution in [0.3, 0.4) is 0 Å². The van der Waals surface area contributed by atoms with Crippen LogP contribution in [-0.4, -0.2) is 11.9 Å². The number of carbonyl (C=O) groups excluding carboxylic acids is 1. The smallest absolute Gasteiger partial charge is 0.251 e. The zero-order valence-electron chi connectivity index (χ0n) is 12.0. The fourth-order valence-corrected chi connectivity index (χ4v) is 1.83. The third kappa shape index (κ3) is 3.31. The molecule has 0 saturated carbocycles. The zero-order valence-corrected chi connectivity index (χ0v) is 12.0. The lowest BCUT2D eigenvalue weighted by molar-refractivity contribution is 0.0942. The fourth-order valence-electron chi connectivity index (χ4n) is 1.83. The van der Waals surface area contributed by atoms with Crippen LogP contribution in [0.4, 0.5) is 4.39 Å². The standard InChI is InChI=1S/C15H22FNO/c1-9(2)17-14(18)11-8-12(15(4,5)6)13(16)7-10(11)3/h7-9H,1-6H3,(H,17,18). The summed E-state index contributed by atoms with van der Waals surface area (Å²) in [5, 5.41) is 2.84. The monoisotopic (exact) mass is 251 g/mol. The summed E-state index contributed by atoms with van der Waals surface area (Å²) in [6.45, 7) is 11.4. The van der Waals surface area contributed by atoms with Crippen molar-refractivity contribution >= 4 is 5.91 Å². The van der Waals surface area contributed by atoms with Gasteiger partial charge in [-0.05, 0) is 49.4 Å². The van der Waals surface area contributed by atoms with E-state index in [-0.39, 0.29) is 23.2 Å². The van der Waals surface area contributed by atoms with E-state index >= 15 is 0 Å². The SMILES string of the molecule is Cc1cc(F)c(C(C)(C)C)cc1C(=O)NC(C)C. The average molecular weight is 251 g/mol. The molecule has 0 aliphatic rings. The van der Waals surface area contributed by atoms with Gasteiger partial charge in [-0.15, -0.1) is 0 Å². The molecule has 0 unspecified atom stereocenters. The Bertz CT molecular complexity index is 458. The molecule has 2 nitrogen and oxygen atoms in total. The van der Waals surface area contributed by atoms with Gasteiger partial charge in [-0.3, -0.25) is 4.79 Å². The van der Waals surface area contributed by atoms with Gasteiger partial charge in [0, 0.05) is 11.6 Å². The summed E-state index contributed by atoms with van der Waals surface area (Å²) >= 11 is 0. The lowest BCUT2D eigenvalue weighted by Crippen LogP contribution is -2.31. The van der Waals surface area contributed by atoms with Crippen molar-refractivity contribution in [3.8, 4) is 0 Å². The Morgan fingerprint density at radius 3 is 2.28 bits per heavy atom. The van der Waals surface area contributed by atoms with Crippen LogP contribution in [0.1, 0.15) is 56.1 Å². The van der Waals surface area contributed by atoms with Crippen LogP contribution in [0.5, 0.6) is 0 Å². The van der Waals surface area contributed by atoms with Gasteiger partial charge in [0.1, 0.15) is 5.82 Å². The molecular formula is C15H22FNO. The van der Waals surface area contributed by atoms with Crippen molar-refractivity contribution in [3.63, 3.8) is 0 Å². The van der Waals surface area contributed by atoms with E-state index in [9.17, 15) is 9.18 Å². The number of aryl methyl sites for hydroxylation is 1. The van der Waals surface area contributed by atoms with Gasteiger partial charge in [-0.1, -0.05) is 20.8 Å². The number of amides is 1. The highest BCUT2D eigenvalue weighted by atomic mass is 19.1. The van der Waals surface area contributed by atoms with Gasteiger partial charge < -0.3 is 5.32 Å². The predicted molar refractivity (Wildman–Crippen MR) is 72.4 cm³/mol. The van der Waals surface area contributed by atoms with Crippen molar-refractivity contribution in [3.05, 3.63) is 34.6 Å². The second-order valence-electron chi connectivity index (χ2n) is 6.03. The van der Waals surface area contributed by atoms with E-state index in [0.29, 0.717) is 16.7 Å². The molecule has 1 N–H and O–H groups in total. The Balaban J connectivity index is 3.25. The molecule has 0 aromatic heterocycles. The molecule has 0 aliphatic carbocycles. The molecule has 1 aromatic rings. The Kier molecular flexibility index (Phi) is 4.15. The van der Waals surface area contributed by atoms with Crippen LogP contribution in [0.15, 0.2) is 12.1 Å². The number of nitrogens with one attached hydrogen (secondary N) is 1. The van der Waals surface area contributed by atoms with Crippen molar-refractivity contribution in [1.29, 1.82) is 0 Å². The molecule has 0 aliphatic heterocycles. The second kappa shape index (κ2) is 5.09. The number of carbonyl (C=O) groups is 1. The van der Waals surface area contributed by atoms with Crippen molar-refractivity contribution in [1.82, 2.24) is 5.32 Å². The Labute approximate surface area is 109 Å². The first-order valence-electron chi connectivity index (χ1n) is 6.24. The number of hydrogen-bond acceptors (Lipinski definition) is 1. The van der Waals surface area contributed by atoms with Gasteiger partial charge >= 0.3 is 0 Å². The maximum atomic E-state index is 13.9. The van der Waals surface area contributed by atoms with Crippen LogP contribution >= 0.6 is 0 Å². The molecule has 0 bridgehead atoms. The van der Waals surface area contributed by atoms with Gasteiger partial charge in [-0.25, -0.2) is 4.39 Å². The van der Waals surface area contributed by atoms with Crippen molar-refractivity contribution in [2.75, 3.05) is 0 Å². The minimum Gasteiger partial charge on any atom is -0.350 e. The summed E-state index contributed by atoms with van der Waals surface area (Å²) in [6.07, 6.45) is 0. The quantitative estimate of drug-likeness (QED) is 0.855. The lowest BCUT2D eigenvalue weighted by Gasteiger charge is -2.22. The molecule has 0 heterocycles. The Morgan fingerprint density at radius 1 is 1.28 bits per heavy atom. The van der Waals surface area contributed by atoms with E-state index in [0.717, 1.165) is 0 Å². The Hall–Kier alpha value is -1.38. The minimum atomic E-state index is -0.315. The summed E-state index contributed by atoms with van der Waals surface area (Å²) in [7, 11) is 0. The first-order chi connectivity index (χ1) is 8.12. The van der Waals surface area contributed by atoms with E-state index in [1.807, 2.05) is 34.6 Å². The van der Waals surface area contributed by atoms with Crippen LogP contribution in [-0.2, 0) is 5.41 Å². The normalized spacial score (nSPS) is 11.8. The molecule has 100 valence electrons. The molecule has 0 atom stereocenters. The summed E-state index contributed by atoms with van der Waals surface area (Å²) in [5.41, 5.74) is 1.47. The maximum Gasteiger partial charge on any atom is 0.251 e. The van der Waals surface area contributed by atoms with Gasteiger partial charge in [0.15, 0.2) is 0 Å². The number of halogens is 1. The van der Waals surface area contributed by atoms with Crippen LogP contribution < -0.4 is 5.32 Å². The average Bonchev–Trinajstić information content (AvgIpc) is 2.13. The predicted octanol–water partition coefficient (Wildman–Crippen LogP) is 3.57. The van der Waals surface area contributed by atoms with Gasteiger partial charge in [0.25, 0.3) is 5.91 Å². The molecular weight excluding hydrogens is 229 g/mol. The van der Waals surface area contributed by atoms with Gasteiger partial charge in [0.2, 0.25) is 0 Å². The number of rotatable bonds is 2. The molecule has 0 radical (unpaired) electrons. The van der Waals surface area contributed by atoms with Crippen molar-refractivity contribution in [2.45, 2.75) is 53.0 Å². The molecule has 1 rings (SSSR count). The first kappa shape index (κ1) is 14.7. The third-order valence-corrected chi connectivity index (χ3v) is 2.79. The minimum absolute atomic E-state index is 0.0695. The third-order valence-electron chi connectivity index (χ3n) is 2.79. The molecule has 1 amide bonds. The highest BCUT2D eigenvalue weighted by molar-refractivity contribution is 5.96. The molecule has 0 saturated heterocycles. The molecule has 0 fully saturated rings. The van der Waals surface area contributed by atoms with E-state index in [4.69, 9.17) is 0 Å². The molecule has 18 heavy (non-hydrogen) atoms. The fraction of sp³-hybridized carbons (Fsp3) is 0.533. The van der Waals surface area contributed by atoms with E-state index < -0.39 is 0 Å². The largest absolute Gasteiger partial charge is 0.350 e. The van der Waals surface area contributed by atoms with Crippen LogP contribution in [0, 0.1) is 12.7 Å².